The summed E-state index contributed by atoms with van der Waals surface area (Å²) in [6.07, 6.45) is 2.71. The molecule has 34 heavy (non-hydrogen) atoms. The van der Waals surface area contributed by atoms with Gasteiger partial charge in [-0.1, -0.05) is 30.3 Å². The fraction of sp³-hybridized carbons (Fsp3) is 0.179. The first-order valence-electron chi connectivity index (χ1n) is 11.2. The van der Waals surface area contributed by atoms with Crippen LogP contribution in [0.2, 0.25) is 0 Å². The number of para-hydroxylation sites is 2. The molecule has 5 rings (SSSR count). The van der Waals surface area contributed by atoms with Gasteiger partial charge in [-0.3, -0.25) is 4.98 Å². The monoisotopic (exact) mass is 455 g/mol. The predicted molar refractivity (Wildman–Crippen MR) is 133 cm³/mol. The zero-order valence-corrected chi connectivity index (χ0v) is 19.2. The molecule has 3 aromatic carbocycles. The molecular weight excluding hydrogens is 429 g/mol. The van der Waals surface area contributed by atoms with Gasteiger partial charge in [0.2, 0.25) is 0 Å². The van der Waals surface area contributed by atoms with Gasteiger partial charge in [0.15, 0.2) is 11.5 Å². The van der Waals surface area contributed by atoms with Crippen molar-refractivity contribution >= 4 is 16.6 Å². The molecule has 0 bridgehead atoms. The summed E-state index contributed by atoms with van der Waals surface area (Å²) in [7, 11) is 3.28. The highest BCUT2D eigenvalue weighted by atomic mass is 19.1. The molecule has 2 heterocycles. The van der Waals surface area contributed by atoms with Crippen LogP contribution in [0.4, 0.5) is 4.39 Å². The van der Waals surface area contributed by atoms with Gasteiger partial charge in [-0.25, -0.2) is 4.39 Å². The molecule has 172 valence electrons. The Kier molecular flexibility index (Phi) is 6.14. The van der Waals surface area contributed by atoms with Crippen LogP contribution in [0.1, 0.15) is 11.1 Å². The Morgan fingerprint density at radius 3 is 2.50 bits per heavy atom. The Bertz CT molecular complexity index is 1460. The smallest absolute Gasteiger partial charge is 0.160 e. The zero-order chi connectivity index (χ0) is 23.5. The van der Waals surface area contributed by atoms with E-state index in [1.54, 1.807) is 20.3 Å². The third-order valence-electron chi connectivity index (χ3n) is 6.07. The van der Waals surface area contributed by atoms with Gasteiger partial charge in [-0.15, -0.1) is 0 Å². The van der Waals surface area contributed by atoms with Crippen LogP contribution in [0, 0.1) is 5.82 Å². The van der Waals surface area contributed by atoms with Gasteiger partial charge in [0.25, 0.3) is 0 Å². The highest BCUT2D eigenvalue weighted by molar-refractivity contribution is 5.84. The van der Waals surface area contributed by atoms with Crippen LogP contribution in [0.15, 0.2) is 79.0 Å². The van der Waals surface area contributed by atoms with Crippen molar-refractivity contribution in [2.75, 3.05) is 20.8 Å². The fourth-order valence-corrected chi connectivity index (χ4v) is 4.37. The molecule has 0 atom stereocenters. The Morgan fingerprint density at radius 2 is 1.68 bits per heavy atom. The number of benzene rings is 3. The summed E-state index contributed by atoms with van der Waals surface area (Å²) >= 11 is 0. The van der Waals surface area contributed by atoms with Gasteiger partial charge in [0, 0.05) is 12.1 Å². The number of rotatable bonds is 8. The van der Waals surface area contributed by atoms with E-state index < -0.39 is 0 Å². The average Bonchev–Trinajstić information content (AvgIpc) is 3.25. The van der Waals surface area contributed by atoms with E-state index in [9.17, 15) is 4.39 Å². The maximum Gasteiger partial charge on any atom is 0.160 e. The van der Waals surface area contributed by atoms with Crippen LogP contribution in [0.3, 0.4) is 0 Å². The fourth-order valence-electron chi connectivity index (χ4n) is 4.37. The minimum absolute atomic E-state index is 0.240. The predicted octanol–water partition coefficient (Wildman–Crippen LogP) is 5.64. The molecule has 2 aromatic heterocycles. The van der Waals surface area contributed by atoms with Crippen LogP contribution >= 0.6 is 0 Å². The van der Waals surface area contributed by atoms with E-state index in [4.69, 9.17) is 9.47 Å². The maximum absolute atomic E-state index is 14.8. The highest BCUT2D eigenvalue weighted by Crippen LogP contribution is 2.31. The number of nitrogens with zero attached hydrogens (tertiary/aromatic N) is 2. The first-order chi connectivity index (χ1) is 16.7. The lowest BCUT2D eigenvalue weighted by molar-refractivity contribution is 0.354. The summed E-state index contributed by atoms with van der Waals surface area (Å²) in [6.45, 7) is 1.42. The van der Waals surface area contributed by atoms with Crippen molar-refractivity contribution in [3.8, 4) is 22.8 Å². The summed E-state index contributed by atoms with van der Waals surface area (Å²) in [5.41, 5.74) is 6.42. The topological polar surface area (TPSA) is 47.8 Å². The summed E-state index contributed by atoms with van der Waals surface area (Å²) in [6, 6.07) is 22.9. The van der Waals surface area contributed by atoms with Crippen LogP contribution in [0.25, 0.3) is 27.8 Å². The van der Waals surface area contributed by atoms with Gasteiger partial charge in [0.1, 0.15) is 5.82 Å². The molecule has 0 aliphatic rings. The molecule has 0 aliphatic carbocycles. The van der Waals surface area contributed by atoms with Crippen molar-refractivity contribution in [2.45, 2.75) is 13.0 Å². The van der Waals surface area contributed by atoms with Crippen molar-refractivity contribution < 1.29 is 13.9 Å². The molecule has 0 aliphatic heterocycles. The Hall–Kier alpha value is -3.90. The number of hydrogen-bond acceptors (Lipinski definition) is 4. The second kappa shape index (κ2) is 9.53. The van der Waals surface area contributed by atoms with Gasteiger partial charge in [-0.2, -0.15) is 0 Å². The Labute approximate surface area is 197 Å². The van der Waals surface area contributed by atoms with E-state index in [1.807, 2.05) is 60.8 Å². The number of ether oxygens (including phenoxy) is 2. The lowest BCUT2D eigenvalue weighted by Crippen LogP contribution is -2.16. The number of halogens is 1. The second-order valence-electron chi connectivity index (χ2n) is 8.12. The van der Waals surface area contributed by atoms with Gasteiger partial charge < -0.3 is 19.2 Å². The summed E-state index contributed by atoms with van der Waals surface area (Å²) in [4.78, 5) is 4.64. The molecule has 5 aromatic rings. The second-order valence-corrected chi connectivity index (χ2v) is 8.12. The van der Waals surface area contributed by atoms with Gasteiger partial charge >= 0.3 is 0 Å². The third kappa shape index (κ3) is 4.08. The molecule has 0 unspecified atom stereocenters. The van der Waals surface area contributed by atoms with E-state index in [1.165, 1.54) is 6.07 Å². The number of fused-ring (bicyclic) bond motifs is 3. The van der Waals surface area contributed by atoms with E-state index >= 15 is 0 Å². The van der Waals surface area contributed by atoms with Crippen molar-refractivity contribution in [3.05, 3.63) is 95.9 Å². The molecule has 0 amide bonds. The lowest BCUT2D eigenvalue weighted by Gasteiger charge is -2.10. The molecule has 0 saturated heterocycles. The van der Waals surface area contributed by atoms with Crippen molar-refractivity contribution in [3.63, 3.8) is 0 Å². The largest absolute Gasteiger partial charge is 0.493 e. The Morgan fingerprint density at radius 1 is 0.882 bits per heavy atom. The molecule has 6 heteroatoms. The molecule has 0 spiro atoms. The summed E-state index contributed by atoms with van der Waals surface area (Å²) in [5, 5.41) is 3.53. The first-order valence-corrected chi connectivity index (χ1v) is 11.2. The van der Waals surface area contributed by atoms with Crippen LogP contribution in [0.5, 0.6) is 11.5 Å². The van der Waals surface area contributed by atoms with Crippen LogP contribution in [-0.2, 0) is 13.0 Å². The van der Waals surface area contributed by atoms with E-state index in [2.05, 4.69) is 20.8 Å². The molecule has 0 saturated carbocycles. The van der Waals surface area contributed by atoms with Gasteiger partial charge in [0.05, 0.1) is 42.7 Å². The number of hydrogen-bond donors (Lipinski definition) is 1. The van der Waals surface area contributed by atoms with Crippen molar-refractivity contribution in [1.29, 1.82) is 0 Å². The minimum atomic E-state index is -0.240. The SMILES string of the molecule is COc1ccc(CCNCc2cc(-c3ccccc3F)n3c2cnc2ccccc23)cc1OC. The molecule has 1 N–H and O–H groups in total. The quantitative estimate of drug-likeness (QED) is 0.308. The molecular formula is C28H26FN3O2. The standard InChI is InChI=1S/C28H26FN3O2/c1-33-27-12-11-19(15-28(27)34-2)13-14-30-17-20-16-25(21-7-3-4-8-22(21)29)32-24-10-6-5-9-23(24)31-18-26(20)32/h3-12,15-16,18,30H,13-14,17H2,1-2H3. The molecule has 0 radical (unpaired) electrons. The zero-order valence-electron chi connectivity index (χ0n) is 19.2. The minimum Gasteiger partial charge on any atom is -0.493 e. The van der Waals surface area contributed by atoms with Gasteiger partial charge in [-0.05, 0) is 66.6 Å². The molecule has 0 fully saturated rings. The third-order valence-corrected chi connectivity index (χ3v) is 6.07. The summed E-state index contributed by atoms with van der Waals surface area (Å²) in [5.74, 6) is 1.21. The molecule has 5 nitrogen and oxygen atoms in total. The number of methoxy groups -OCH3 is 2. The van der Waals surface area contributed by atoms with Crippen LogP contribution in [-0.4, -0.2) is 30.1 Å². The maximum atomic E-state index is 14.8. The number of nitrogens with one attached hydrogen (secondary N) is 1. The van der Waals surface area contributed by atoms with Crippen molar-refractivity contribution in [1.82, 2.24) is 14.7 Å². The Balaban J connectivity index is 1.43. The lowest BCUT2D eigenvalue weighted by atomic mass is 10.1. The van der Waals surface area contributed by atoms with E-state index in [-0.39, 0.29) is 5.82 Å². The number of aromatic nitrogens is 2. The first kappa shape index (κ1) is 21.9. The van der Waals surface area contributed by atoms with E-state index in [0.29, 0.717) is 12.1 Å². The summed E-state index contributed by atoms with van der Waals surface area (Å²) < 4.78 is 27.6. The van der Waals surface area contributed by atoms with E-state index in [0.717, 1.165) is 57.8 Å². The highest BCUT2D eigenvalue weighted by Gasteiger charge is 2.16. The normalized spacial score (nSPS) is 11.3. The average molecular weight is 456 g/mol. The van der Waals surface area contributed by atoms with Crippen molar-refractivity contribution in [2.24, 2.45) is 0 Å². The van der Waals surface area contributed by atoms with Crippen LogP contribution < -0.4 is 14.8 Å².